The maximum atomic E-state index is 12.5. The van der Waals surface area contributed by atoms with Crippen LogP contribution >= 0.6 is 0 Å². The number of carboxylic acids is 1. The summed E-state index contributed by atoms with van der Waals surface area (Å²) in [6.07, 6.45) is 3.23. The Morgan fingerprint density at radius 3 is 2.30 bits per heavy atom. The first-order valence-corrected chi connectivity index (χ1v) is 8.35. The number of benzene rings is 1. The number of amides is 1. The molecule has 0 spiro atoms. The molecule has 2 N–H and O–H groups in total. The first-order chi connectivity index (χ1) is 11.1. The number of carbonyl (C=O) groups excluding carboxylic acids is 1. The maximum absolute atomic E-state index is 12.5. The smallest absolute Gasteiger partial charge is 0.306 e. The summed E-state index contributed by atoms with van der Waals surface area (Å²) in [4.78, 5) is 23.5. The van der Waals surface area contributed by atoms with E-state index in [2.05, 4.69) is 5.32 Å². The largest absolute Gasteiger partial charge is 0.481 e. The Balaban J connectivity index is 1.56. The lowest BCUT2D eigenvalue weighted by atomic mass is 9.81. The third-order valence-electron chi connectivity index (χ3n) is 4.99. The second kappa shape index (κ2) is 7.13. The molecular weight excluding hydrogens is 294 g/mol. The fourth-order valence-electron chi connectivity index (χ4n) is 3.61. The Kier molecular flexibility index (Phi) is 4.96. The normalized spacial score (nSPS) is 30.8. The Morgan fingerprint density at radius 1 is 1.00 bits per heavy atom. The van der Waals surface area contributed by atoms with Crippen LogP contribution in [0.4, 0.5) is 0 Å². The molecule has 1 aromatic rings. The number of nitrogens with one attached hydrogen (secondary N) is 1. The van der Waals surface area contributed by atoms with Crippen LogP contribution in [0.1, 0.15) is 43.8 Å². The topological polar surface area (TPSA) is 75.6 Å². The number of hydrogen-bond donors (Lipinski definition) is 2. The summed E-state index contributed by atoms with van der Waals surface area (Å²) in [7, 11) is 0. The molecule has 5 heteroatoms. The zero-order chi connectivity index (χ0) is 16.2. The van der Waals surface area contributed by atoms with Crippen molar-refractivity contribution in [1.82, 2.24) is 5.32 Å². The number of hydrogen-bond acceptors (Lipinski definition) is 3. The highest BCUT2D eigenvalue weighted by atomic mass is 16.5. The summed E-state index contributed by atoms with van der Waals surface area (Å²) in [6, 6.07) is 9.96. The van der Waals surface area contributed by atoms with E-state index in [1.54, 1.807) is 0 Å². The van der Waals surface area contributed by atoms with Gasteiger partial charge in [0.25, 0.3) is 0 Å². The van der Waals surface area contributed by atoms with Gasteiger partial charge in [0.05, 0.1) is 12.0 Å². The molecule has 0 radical (unpaired) electrons. The highest BCUT2D eigenvalue weighted by Gasteiger charge is 2.34. The lowest BCUT2D eigenvalue weighted by Gasteiger charge is -2.27. The highest BCUT2D eigenvalue weighted by molar-refractivity contribution is 5.79. The molecule has 2 fully saturated rings. The minimum Gasteiger partial charge on any atom is -0.481 e. The van der Waals surface area contributed by atoms with Gasteiger partial charge in [-0.25, -0.2) is 0 Å². The minimum absolute atomic E-state index is 0.00194. The van der Waals surface area contributed by atoms with Gasteiger partial charge in [-0.3, -0.25) is 9.59 Å². The van der Waals surface area contributed by atoms with E-state index < -0.39 is 5.97 Å². The second-order valence-corrected chi connectivity index (χ2v) is 6.49. The Labute approximate surface area is 136 Å². The Morgan fingerprint density at radius 2 is 1.65 bits per heavy atom. The van der Waals surface area contributed by atoms with Crippen LogP contribution in [-0.4, -0.2) is 29.6 Å². The van der Waals surface area contributed by atoms with Crippen LogP contribution in [0.25, 0.3) is 0 Å². The molecule has 23 heavy (non-hydrogen) atoms. The van der Waals surface area contributed by atoms with Crippen LogP contribution < -0.4 is 5.32 Å². The molecule has 0 bridgehead atoms. The predicted octanol–water partition coefficient (Wildman–Crippen LogP) is 2.52. The predicted molar refractivity (Wildman–Crippen MR) is 84.8 cm³/mol. The number of carboxylic acid groups (broad SMARTS) is 1. The van der Waals surface area contributed by atoms with E-state index in [1.807, 2.05) is 30.3 Å². The van der Waals surface area contributed by atoms with E-state index in [4.69, 9.17) is 9.84 Å². The van der Waals surface area contributed by atoms with Gasteiger partial charge >= 0.3 is 5.97 Å². The number of rotatable bonds is 4. The molecule has 2 unspecified atom stereocenters. The molecule has 1 aliphatic carbocycles. The van der Waals surface area contributed by atoms with E-state index in [9.17, 15) is 9.59 Å². The zero-order valence-corrected chi connectivity index (χ0v) is 13.1. The first kappa shape index (κ1) is 16.0. The molecule has 2 atom stereocenters. The SMILES string of the molecule is O=C(O)C1CCC(C(=O)NC2CCOC2c2ccccc2)CC1. The molecule has 124 valence electrons. The molecule has 1 amide bonds. The van der Waals surface area contributed by atoms with Gasteiger partial charge in [-0.05, 0) is 37.7 Å². The van der Waals surface area contributed by atoms with Crippen molar-refractivity contribution in [3.63, 3.8) is 0 Å². The molecule has 1 saturated heterocycles. The van der Waals surface area contributed by atoms with Crippen molar-refractivity contribution in [2.45, 2.75) is 44.2 Å². The first-order valence-electron chi connectivity index (χ1n) is 8.35. The third kappa shape index (κ3) is 3.72. The zero-order valence-electron chi connectivity index (χ0n) is 13.1. The van der Waals surface area contributed by atoms with Gasteiger partial charge in [0.2, 0.25) is 5.91 Å². The van der Waals surface area contributed by atoms with Gasteiger partial charge in [0, 0.05) is 12.5 Å². The average Bonchev–Trinajstić information content (AvgIpc) is 3.04. The molecular formula is C18H23NO4. The van der Waals surface area contributed by atoms with Gasteiger partial charge in [0.15, 0.2) is 0 Å². The van der Waals surface area contributed by atoms with Gasteiger partial charge in [-0.15, -0.1) is 0 Å². The number of aliphatic carboxylic acids is 1. The van der Waals surface area contributed by atoms with Crippen molar-refractivity contribution in [3.05, 3.63) is 35.9 Å². The monoisotopic (exact) mass is 317 g/mol. The van der Waals surface area contributed by atoms with Crippen molar-refractivity contribution < 1.29 is 19.4 Å². The van der Waals surface area contributed by atoms with Crippen molar-refractivity contribution in [2.75, 3.05) is 6.61 Å². The lowest BCUT2D eigenvalue weighted by molar-refractivity contribution is -0.144. The van der Waals surface area contributed by atoms with Crippen molar-refractivity contribution in [3.8, 4) is 0 Å². The molecule has 1 aromatic carbocycles. The molecule has 1 heterocycles. The summed E-state index contributed by atoms with van der Waals surface area (Å²) in [5.41, 5.74) is 1.09. The molecule has 1 saturated carbocycles. The van der Waals surface area contributed by atoms with Gasteiger partial charge in [-0.2, -0.15) is 0 Å². The van der Waals surface area contributed by atoms with Crippen LogP contribution in [0.5, 0.6) is 0 Å². The summed E-state index contributed by atoms with van der Waals surface area (Å²) in [6.45, 7) is 0.649. The summed E-state index contributed by atoms with van der Waals surface area (Å²) >= 11 is 0. The van der Waals surface area contributed by atoms with Gasteiger partial charge in [-0.1, -0.05) is 30.3 Å². The average molecular weight is 317 g/mol. The molecule has 1 aliphatic heterocycles. The van der Waals surface area contributed by atoms with Crippen molar-refractivity contribution in [1.29, 1.82) is 0 Å². The van der Waals surface area contributed by atoms with Crippen LogP contribution in [0.3, 0.4) is 0 Å². The van der Waals surface area contributed by atoms with E-state index >= 15 is 0 Å². The van der Waals surface area contributed by atoms with E-state index in [1.165, 1.54) is 0 Å². The van der Waals surface area contributed by atoms with Crippen LogP contribution in [-0.2, 0) is 14.3 Å². The quantitative estimate of drug-likeness (QED) is 0.895. The molecule has 0 aromatic heterocycles. The summed E-state index contributed by atoms with van der Waals surface area (Å²) in [5, 5.41) is 12.2. The van der Waals surface area contributed by atoms with Crippen molar-refractivity contribution in [2.24, 2.45) is 11.8 Å². The molecule has 2 aliphatic rings. The summed E-state index contributed by atoms with van der Waals surface area (Å²) < 4.78 is 5.80. The van der Waals surface area contributed by atoms with E-state index in [0.717, 1.165) is 12.0 Å². The van der Waals surface area contributed by atoms with E-state index in [-0.39, 0.29) is 29.9 Å². The maximum Gasteiger partial charge on any atom is 0.306 e. The Hall–Kier alpha value is -1.88. The fraction of sp³-hybridized carbons (Fsp3) is 0.556. The highest BCUT2D eigenvalue weighted by Crippen LogP contribution is 2.32. The van der Waals surface area contributed by atoms with Gasteiger partial charge < -0.3 is 15.2 Å². The number of ether oxygens (including phenoxy) is 1. The minimum atomic E-state index is -0.739. The van der Waals surface area contributed by atoms with E-state index in [0.29, 0.717) is 32.3 Å². The van der Waals surface area contributed by atoms with Crippen LogP contribution in [0.15, 0.2) is 30.3 Å². The van der Waals surface area contributed by atoms with Crippen LogP contribution in [0.2, 0.25) is 0 Å². The molecule has 3 rings (SSSR count). The molecule has 5 nitrogen and oxygen atoms in total. The van der Waals surface area contributed by atoms with Crippen molar-refractivity contribution >= 4 is 11.9 Å². The number of carbonyl (C=O) groups is 2. The van der Waals surface area contributed by atoms with Gasteiger partial charge in [0.1, 0.15) is 6.10 Å². The summed E-state index contributed by atoms with van der Waals surface area (Å²) in [5.74, 6) is -1.05. The fourth-order valence-corrected chi connectivity index (χ4v) is 3.61. The third-order valence-corrected chi connectivity index (χ3v) is 4.99. The lowest BCUT2D eigenvalue weighted by Crippen LogP contribution is -2.41. The second-order valence-electron chi connectivity index (χ2n) is 6.49. The van der Waals surface area contributed by atoms with Crippen LogP contribution in [0, 0.1) is 11.8 Å². The Bertz CT molecular complexity index is 551. The standard InChI is InChI=1S/C18H23NO4/c20-17(13-6-8-14(9-7-13)18(21)22)19-15-10-11-23-16(15)12-4-2-1-3-5-12/h1-5,13-16H,6-11H2,(H,19,20)(H,21,22).